The van der Waals surface area contributed by atoms with Crippen molar-refractivity contribution in [3.8, 4) is 0 Å². The Balaban J connectivity index is 3.29. The molecule has 0 aliphatic heterocycles. The monoisotopic (exact) mass is 274 g/mol. The Morgan fingerprint density at radius 1 is 1.62 bits per heavy atom. The van der Waals surface area contributed by atoms with Crippen molar-refractivity contribution in [1.29, 1.82) is 0 Å². The lowest BCUT2D eigenvalue weighted by Gasteiger charge is -1.96. The quantitative estimate of drug-likeness (QED) is 0.730. The number of hydrogen-bond acceptors (Lipinski definition) is 4. The molecule has 13 heavy (non-hydrogen) atoms. The van der Waals surface area contributed by atoms with Crippen LogP contribution in [0.5, 0.6) is 0 Å². The van der Waals surface area contributed by atoms with Crippen LogP contribution in [0.15, 0.2) is 5.03 Å². The van der Waals surface area contributed by atoms with E-state index in [1.54, 1.807) is 6.92 Å². The molecule has 0 bridgehead atoms. The third kappa shape index (κ3) is 2.46. The average Bonchev–Trinajstić information content (AvgIpc) is 2.46. The van der Waals surface area contributed by atoms with Crippen molar-refractivity contribution in [3.63, 3.8) is 0 Å². The van der Waals surface area contributed by atoms with Gasteiger partial charge >= 0.3 is 0 Å². The van der Waals surface area contributed by atoms with Gasteiger partial charge in [-0.05, 0) is 33.2 Å². The van der Waals surface area contributed by atoms with E-state index < -0.39 is 10.0 Å². The molecular formula is C4H6FN3S5. The maximum atomic E-state index is 12.7. The number of rotatable bonds is 2. The summed E-state index contributed by atoms with van der Waals surface area (Å²) in [6, 6.07) is 0. The molecule has 74 valence electrons. The van der Waals surface area contributed by atoms with Gasteiger partial charge in [-0.25, -0.2) is 0 Å². The fraction of sp³-hybridized carbons (Fsp3) is 0.500. The van der Waals surface area contributed by atoms with Crippen molar-refractivity contribution in [1.82, 2.24) is 14.4 Å². The molecule has 1 aromatic rings. The molecule has 0 N–H and O–H groups in total. The van der Waals surface area contributed by atoms with Gasteiger partial charge in [0.1, 0.15) is 5.03 Å². The van der Waals surface area contributed by atoms with Crippen LogP contribution in [-0.2, 0) is 50.7 Å². The van der Waals surface area contributed by atoms with Gasteiger partial charge in [-0.1, -0.05) is 14.7 Å². The molecule has 1 rings (SSSR count). The van der Waals surface area contributed by atoms with Gasteiger partial charge in [0.2, 0.25) is 0 Å². The topological polar surface area (TPSA) is 30.7 Å². The minimum Gasteiger partial charge on any atom is -0.159 e. The highest BCUT2D eigenvalue weighted by molar-refractivity contribution is 8.48. The Labute approximate surface area is 92.5 Å². The minimum atomic E-state index is -1.80. The van der Waals surface area contributed by atoms with Crippen molar-refractivity contribution >= 4 is 50.7 Å². The Morgan fingerprint density at radius 3 is 2.62 bits per heavy atom. The summed E-state index contributed by atoms with van der Waals surface area (Å²) in [7, 11) is -0.761. The molecule has 0 fully saturated rings. The predicted octanol–water partition coefficient (Wildman–Crippen LogP) is 0.381. The Kier molecular flexibility index (Phi) is 4.23. The SMILES string of the molecule is Cc1c(S(C)=S=S)nnn1S([18F])=S. The van der Waals surface area contributed by atoms with E-state index in [2.05, 4.69) is 21.5 Å². The van der Waals surface area contributed by atoms with Crippen LogP contribution in [0.2, 0.25) is 0 Å². The summed E-state index contributed by atoms with van der Waals surface area (Å²) in [5.41, 5.74) is 0.670. The zero-order valence-electron chi connectivity index (χ0n) is 6.76. The first kappa shape index (κ1) is 11.5. The van der Waals surface area contributed by atoms with Crippen LogP contribution in [0.4, 0.5) is 3.89 Å². The van der Waals surface area contributed by atoms with Crippen molar-refractivity contribution in [2.45, 2.75) is 11.9 Å². The molecule has 0 aromatic carbocycles. The van der Waals surface area contributed by atoms with E-state index in [9.17, 15) is 3.89 Å². The molecule has 0 saturated carbocycles. The van der Waals surface area contributed by atoms with E-state index in [0.29, 0.717) is 5.69 Å². The normalized spacial score (nSPS) is 15.3. The second-order valence-corrected chi connectivity index (χ2v) is 8.23. The lowest BCUT2D eigenvalue weighted by atomic mass is 10.6. The zero-order chi connectivity index (χ0) is 10.0. The summed E-state index contributed by atoms with van der Waals surface area (Å²) >= 11 is 9.29. The van der Waals surface area contributed by atoms with Gasteiger partial charge in [0.05, 0.1) is 5.69 Å². The molecule has 0 aliphatic rings. The van der Waals surface area contributed by atoms with Crippen LogP contribution in [-0.4, -0.2) is 20.7 Å². The second-order valence-electron chi connectivity index (χ2n) is 2.08. The molecule has 0 aliphatic carbocycles. The number of hydrogen-bond donors (Lipinski definition) is 0. The first-order chi connectivity index (χ1) is 6.07. The Bertz CT molecular complexity index is 406. The zero-order valence-corrected chi connectivity index (χ0v) is 10.8. The average molecular weight is 274 g/mol. The summed E-state index contributed by atoms with van der Waals surface area (Å²) in [6.45, 7) is 1.75. The maximum absolute atomic E-state index is 12.7. The highest BCUT2D eigenvalue weighted by Gasteiger charge is 2.11. The summed E-state index contributed by atoms with van der Waals surface area (Å²) in [6.07, 6.45) is 1.93. The van der Waals surface area contributed by atoms with Crippen molar-refractivity contribution in [2.24, 2.45) is 0 Å². The fourth-order valence-electron chi connectivity index (χ4n) is 0.737. The number of halogens is 1. The molecule has 3 nitrogen and oxygen atoms in total. The molecule has 0 radical (unpaired) electrons. The third-order valence-corrected chi connectivity index (χ3v) is 6.41. The molecule has 2 unspecified atom stereocenters. The molecule has 0 saturated heterocycles. The van der Waals surface area contributed by atoms with Gasteiger partial charge in [-0.2, -0.15) is 4.09 Å². The van der Waals surface area contributed by atoms with Crippen LogP contribution < -0.4 is 0 Å². The summed E-state index contributed by atoms with van der Waals surface area (Å²) in [5, 5.41) is 8.21. The highest BCUT2D eigenvalue weighted by Crippen LogP contribution is 2.09. The van der Waals surface area contributed by atoms with Crippen LogP contribution in [0.3, 0.4) is 0 Å². The standard InChI is InChI=1S/C4H6FN3S5/c1-3-4(12(2)11-9)6-7-8(3)13(5)10/h1-2H3/i5-1. The summed E-state index contributed by atoms with van der Waals surface area (Å²) in [5.74, 6) is 0. The van der Waals surface area contributed by atoms with Crippen LogP contribution in [0, 0.1) is 6.92 Å². The van der Waals surface area contributed by atoms with Gasteiger partial charge in [0.25, 0.3) is 0 Å². The van der Waals surface area contributed by atoms with Crippen LogP contribution in [0.25, 0.3) is 0 Å². The van der Waals surface area contributed by atoms with E-state index in [1.165, 1.54) is 8.88 Å². The van der Waals surface area contributed by atoms with Gasteiger partial charge in [0.15, 0.2) is 10.0 Å². The van der Waals surface area contributed by atoms with Crippen molar-refractivity contribution in [2.75, 3.05) is 6.26 Å². The number of aromatic nitrogens is 3. The van der Waals surface area contributed by atoms with Crippen molar-refractivity contribution in [3.05, 3.63) is 5.69 Å². The lowest BCUT2D eigenvalue weighted by Crippen LogP contribution is -2.02. The summed E-state index contributed by atoms with van der Waals surface area (Å²) in [4.78, 5) is 0. The molecular weight excluding hydrogens is 268 g/mol. The van der Waals surface area contributed by atoms with E-state index in [1.807, 2.05) is 6.26 Å². The lowest BCUT2D eigenvalue weighted by molar-refractivity contribution is 0.812. The van der Waals surface area contributed by atoms with Gasteiger partial charge in [-0.3, -0.25) is 0 Å². The van der Waals surface area contributed by atoms with E-state index >= 15 is 0 Å². The number of nitrogens with zero attached hydrogens (tertiary/aromatic N) is 3. The summed E-state index contributed by atoms with van der Waals surface area (Å²) < 4.78 is 13.9. The molecule has 1 heterocycles. The maximum Gasteiger partial charge on any atom is 0.179 e. The smallest absolute Gasteiger partial charge is 0.159 e. The van der Waals surface area contributed by atoms with Gasteiger partial charge in [0, 0.05) is 11.2 Å². The van der Waals surface area contributed by atoms with E-state index in [0.717, 1.165) is 9.11 Å². The minimum absolute atomic E-state index is 0.219. The molecule has 2 atom stereocenters. The van der Waals surface area contributed by atoms with Crippen LogP contribution in [0.1, 0.15) is 5.69 Å². The highest BCUT2D eigenvalue weighted by atomic mass is 33.1. The predicted molar refractivity (Wildman–Crippen MR) is 62.3 cm³/mol. The van der Waals surface area contributed by atoms with Gasteiger partial charge in [-0.15, -0.1) is 8.98 Å². The second kappa shape index (κ2) is 4.78. The molecule has 0 amide bonds. The van der Waals surface area contributed by atoms with Crippen LogP contribution >= 0.6 is 0 Å². The first-order valence-electron chi connectivity index (χ1n) is 3.05. The van der Waals surface area contributed by atoms with Gasteiger partial charge < -0.3 is 0 Å². The molecule has 0 spiro atoms. The Morgan fingerprint density at radius 2 is 2.23 bits per heavy atom. The largest absolute Gasteiger partial charge is 0.179 e. The van der Waals surface area contributed by atoms with E-state index in [-0.39, 0.29) is 9.45 Å². The Hall–Kier alpha value is 0.430. The fourth-order valence-corrected chi connectivity index (χ4v) is 3.57. The molecule has 1 aromatic heterocycles. The van der Waals surface area contributed by atoms with E-state index in [4.69, 9.17) is 11.2 Å². The third-order valence-electron chi connectivity index (χ3n) is 1.32. The van der Waals surface area contributed by atoms with Crippen molar-refractivity contribution < 1.29 is 3.89 Å². The molecule has 9 heteroatoms. The first-order valence-corrected chi connectivity index (χ1v) is 8.94.